The van der Waals surface area contributed by atoms with Gasteiger partial charge in [0.05, 0.1) is 6.04 Å². The molecule has 1 fully saturated rings. The Kier molecular flexibility index (Phi) is 5.25. The van der Waals surface area contributed by atoms with Gasteiger partial charge in [-0.3, -0.25) is 9.48 Å². The van der Waals surface area contributed by atoms with E-state index < -0.39 is 0 Å². The van der Waals surface area contributed by atoms with Crippen molar-refractivity contribution in [1.29, 1.82) is 0 Å². The molecule has 0 aromatic carbocycles. The summed E-state index contributed by atoms with van der Waals surface area (Å²) >= 11 is 0. The van der Waals surface area contributed by atoms with Gasteiger partial charge in [0.15, 0.2) is 5.69 Å². The van der Waals surface area contributed by atoms with Crippen molar-refractivity contribution >= 4 is 5.91 Å². The van der Waals surface area contributed by atoms with Crippen molar-refractivity contribution in [3.05, 3.63) is 35.7 Å². The van der Waals surface area contributed by atoms with Crippen molar-refractivity contribution in [2.45, 2.75) is 58.4 Å². The first kappa shape index (κ1) is 17.7. The molecule has 3 heterocycles. The Morgan fingerprint density at radius 2 is 2.12 bits per heavy atom. The molecule has 3 rings (SSSR count). The van der Waals surface area contributed by atoms with Crippen LogP contribution in [0.3, 0.4) is 0 Å². The lowest BCUT2D eigenvalue weighted by Gasteiger charge is -2.32. The first-order valence-corrected chi connectivity index (χ1v) is 9.37. The second kappa shape index (κ2) is 7.42. The Hall–Kier alpha value is -2.11. The molecule has 0 aliphatic carbocycles. The van der Waals surface area contributed by atoms with Gasteiger partial charge in [-0.25, -0.2) is 4.98 Å². The number of nitrogens with zero attached hydrogens (tertiary/aromatic N) is 5. The minimum atomic E-state index is 0.0479. The van der Waals surface area contributed by atoms with Crippen LogP contribution in [-0.4, -0.2) is 43.2 Å². The van der Waals surface area contributed by atoms with Crippen LogP contribution in [-0.2, 0) is 7.05 Å². The van der Waals surface area contributed by atoms with E-state index in [1.54, 1.807) is 0 Å². The molecule has 0 bridgehead atoms. The first-order valence-electron chi connectivity index (χ1n) is 9.37. The predicted octanol–water partition coefficient (Wildman–Crippen LogP) is 3.31. The Morgan fingerprint density at radius 1 is 1.36 bits per heavy atom. The summed E-state index contributed by atoms with van der Waals surface area (Å²) in [7, 11) is 2.02. The highest BCUT2D eigenvalue weighted by Gasteiger charge is 2.29. The van der Waals surface area contributed by atoms with Crippen molar-refractivity contribution in [1.82, 2.24) is 24.2 Å². The first-order chi connectivity index (χ1) is 12.0. The van der Waals surface area contributed by atoms with E-state index in [-0.39, 0.29) is 5.91 Å². The van der Waals surface area contributed by atoms with E-state index in [1.165, 1.54) is 0 Å². The van der Waals surface area contributed by atoms with Gasteiger partial charge in [0.25, 0.3) is 5.91 Å². The number of amides is 1. The Balaban J connectivity index is 1.77. The summed E-state index contributed by atoms with van der Waals surface area (Å²) < 4.78 is 4.08. The molecule has 6 nitrogen and oxygen atoms in total. The standard InChI is InChI=1S/C19H29N5O/c1-5-16(6-2)24-14(3)12-17(21-24)19(25)23-10-7-8-15(13-23)18-20-9-11-22(18)4/h9,11-12,15-16H,5-8,10,13H2,1-4H3. The molecule has 1 atom stereocenters. The number of imidazole rings is 1. The number of hydrogen-bond donors (Lipinski definition) is 0. The predicted molar refractivity (Wildman–Crippen MR) is 97.7 cm³/mol. The molecule has 0 spiro atoms. The maximum absolute atomic E-state index is 13.0. The number of aryl methyl sites for hydroxylation is 2. The molecule has 0 radical (unpaired) electrons. The molecule has 2 aromatic rings. The van der Waals surface area contributed by atoms with E-state index in [1.807, 2.05) is 42.0 Å². The van der Waals surface area contributed by atoms with Gasteiger partial charge >= 0.3 is 0 Å². The van der Waals surface area contributed by atoms with E-state index in [0.717, 1.165) is 50.3 Å². The Bertz CT molecular complexity index is 728. The van der Waals surface area contributed by atoms with Gasteiger partial charge in [-0.2, -0.15) is 5.10 Å². The lowest BCUT2D eigenvalue weighted by molar-refractivity contribution is 0.0696. The number of aromatic nitrogens is 4. The zero-order chi connectivity index (χ0) is 18.0. The van der Waals surface area contributed by atoms with Crippen LogP contribution in [0.5, 0.6) is 0 Å². The number of likely N-dealkylation sites (tertiary alicyclic amines) is 1. The summed E-state index contributed by atoms with van der Waals surface area (Å²) in [5.74, 6) is 1.42. The van der Waals surface area contributed by atoms with Crippen LogP contribution in [0.4, 0.5) is 0 Å². The highest BCUT2D eigenvalue weighted by molar-refractivity contribution is 5.92. The van der Waals surface area contributed by atoms with Crippen LogP contribution < -0.4 is 0 Å². The third-order valence-electron chi connectivity index (χ3n) is 5.36. The average molecular weight is 343 g/mol. The quantitative estimate of drug-likeness (QED) is 0.837. The van der Waals surface area contributed by atoms with Crippen LogP contribution >= 0.6 is 0 Å². The van der Waals surface area contributed by atoms with E-state index in [9.17, 15) is 4.79 Å². The van der Waals surface area contributed by atoms with Crippen molar-refractivity contribution in [3.63, 3.8) is 0 Å². The summed E-state index contributed by atoms with van der Waals surface area (Å²) in [5, 5.41) is 4.64. The second-order valence-electron chi connectivity index (χ2n) is 7.07. The van der Waals surface area contributed by atoms with Gasteiger partial charge in [-0.05, 0) is 38.7 Å². The van der Waals surface area contributed by atoms with E-state index in [4.69, 9.17) is 0 Å². The SMILES string of the molecule is CCC(CC)n1nc(C(=O)N2CCCC(c3nccn3C)C2)cc1C. The van der Waals surface area contributed by atoms with E-state index in [2.05, 4.69) is 28.5 Å². The molecule has 0 N–H and O–H groups in total. The Morgan fingerprint density at radius 3 is 2.76 bits per heavy atom. The summed E-state index contributed by atoms with van der Waals surface area (Å²) in [6, 6.07) is 2.30. The molecule has 136 valence electrons. The molecule has 2 aromatic heterocycles. The van der Waals surface area contributed by atoms with Gasteiger partial charge in [-0.15, -0.1) is 0 Å². The van der Waals surface area contributed by atoms with Gasteiger partial charge in [-0.1, -0.05) is 13.8 Å². The van der Waals surface area contributed by atoms with Crippen molar-refractivity contribution in [2.24, 2.45) is 7.05 Å². The van der Waals surface area contributed by atoms with Gasteiger partial charge in [0.1, 0.15) is 5.82 Å². The number of carbonyl (C=O) groups excluding carboxylic acids is 1. The van der Waals surface area contributed by atoms with Gasteiger partial charge in [0.2, 0.25) is 0 Å². The topological polar surface area (TPSA) is 56.0 Å². The third-order valence-corrected chi connectivity index (χ3v) is 5.36. The smallest absolute Gasteiger partial charge is 0.274 e. The fraction of sp³-hybridized carbons (Fsp3) is 0.632. The highest BCUT2D eigenvalue weighted by atomic mass is 16.2. The number of rotatable bonds is 5. The second-order valence-corrected chi connectivity index (χ2v) is 7.07. The van der Waals surface area contributed by atoms with Gasteiger partial charge < -0.3 is 9.47 Å². The maximum Gasteiger partial charge on any atom is 0.274 e. The highest BCUT2D eigenvalue weighted by Crippen LogP contribution is 2.27. The van der Waals surface area contributed by atoms with Crippen LogP contribution in [0.2, 0.25) is 0 Å². The molecule has 1 aliphatic heterocycles. The summed E-state index contributed by atoms with van der Waals surface area (Å²) in [4.78, 5) is 19.4. The van der Waals surface area contributed by atoms with Crippen molar-refractivity contribution in [2.75, 3.05) is 13.1 Å². The molecule has 1 saturated heterocycles. The fourth-order valence-electron chi connectivity index (χ4n) is 3.90. The lowest BCUT2D eigenvalue weighted by atomic mass is 9.97. The lowest BCUT2D eigenvalue weighted by Crippen LogP contribution is -2.40. The fourth-order valence-corrected chi connectivity index (χ4v) is 3.90. The minimum absolute atomic E-state index is 0.0479. The van der Waals surface area contributed by atoms with Crippen LogP contribution in [0.15, 0.2) is 18.5 Å². The molecular formula is C19H29N5O. The molecule has 1 amide bonds. The summed E-state index contributed by atoms with van der Waals surface area (Å²) in [6.07, 6.45) is 7.94. The van der Waals surface area contributed by atoms with Crippen LogP contribution in [0.1, 0.15) is 73.5 Å². The number of piperidine rings is 1. The largest absolute Gasteiger partial charge is 0.338 e. The molecule has 1 aliphatic rings. The normalized spacial score (nSPS) is 18.1. The molecule has 6 heteroatoms. The number of carbonyl (C=O) groups is 1. The molecule has 25 heavy (non-hydrogen) atoms. The van der Waals surface area contributed by atoms with Crippen molar-refractivity contribution < 1.29 is 4.79 Å². The van der Waals surface area contributed by atoms with Crippen molar-refractivity contribution in [3.8, 4) is 0 Å². The maximum atomic E-state index is 13.0. The molecule has 0 saturated carbocycles. The van der Waals surface area contributed by atoms with Crippen LogP contribution in [0, 0.1) is 6.92 Å². The zero-order valence-electron chi connectivity index (χ0n) is 15.8. The van der Waals surface area contributed by atoms with Gasteiger partial charge in [0, 0.05) is 44.1 Å². The summed E-state index contributed by atoms with van der Waals surface area (Å²) in [6.45, 7) is 7.89. The average Bonchev–Trinajstić information content (AvgIpc) is 3.22. The monoisotopic (exact) mass is 343 g/mol. The number of hydrogen-bond acceptors (Lipinski definition) is 3. The molecule has 1 unspecified atom stereocenters. The minimum Gasteiger partial charge on any atom is -0.338 e. The van der Waals surface area contributed by atoms with Crippen LogP contribution in [0.25, 0.3) is 0 Å². The van der Waals surface area contributed by atoms with E-state index >= 15 is 0 Å². The summed E-state index contributed by atoms with van der Waals surface area (Å²) in [5.41, 5.74) is 1.64. The molecular weight excluding hydrogens is 314 g/mol. The van der Waals surface area contributed by atoms with E-state index in [0.29, 0.717) is 17.7 Å². The Labute approximate surface area is 149 Å². The third kappa shape index (κ3) is 3.48. The zero-order valence-corrected chi connectivity index (χ0v) is 15.8.